The molecular weight excluding hydrogens is 282 g/mol. The van der Waals surface area contributed by atoms with Crippen molar-refractivity contribution in [2.45, 2.75) is 24.7 Å². The largest absolute Gasteiger partial charge is 0.481 e. The summed E-state index contributed by atoms with van der Waals surface area (Å²) in [7, 11) is 0. The minimum absolute atomic E-state index is 0.0472. The van der Waals surface area contributed by atoms with Gasteiger partial charge < -0.3 is 14.7 Å². The molecule has 0 radical (unpaired) electrons. The monoisotopic (exact) mass is 303 g/mol. The lowest BCUT2D eigenvalue weighted by molar-refractivity contribution is -0.149. The number of carbonyl (C=O) groups excluding carboxylic acids is 1. The number of ether oxygens (including phenoxy) is 1. The van der Waals surface area contributed by atoms with Crippen molar-refractivity contribution in [1.82, 2.24) is 4.90 Å². The zero-order valence-corrected chi connectivity index (χ0v) is 12.5. The molecule has 0 aromatic heterocycles. The zero-order chi connectivity index (χ0) is 15.6. The maximum absolute atomic E-state index is 12.4. The Bertz CT molecular complexity index is 543. The molecule has 1 N–H and O–H groups in total. The van der Waals surface area contributed by atoms with E-state index in [2.05, 4.69) is 0 Å². The SMILES string of the molecule is O=C(C1CCOC1)N1CCC(C(=O)O)(c2ccccc2)CC1. The van der Waals surface area contributed by atoms with Crippen LogP contribution in [0.5, 0.6) is 0 Å². The normalized spacial score (nSPS) is 24.2. The molecule has 118 valence electrons. The Balaban J connectivity index is 1.73. The van der Waals surface area contributed by atoms with E-state index in [1.54, 1.807) is 0 Å². The Morgan fingerprint density at radius 1 is 1.18 bits per heavy atom. The summed E-state index contributed by atoms with van der Waals surface area (Å²) in [6.07, 6.45) is 1.70. The molecule has 2 saturated heterocycles. The van der Waals surface area contributed by atoms with Crippen molar-refractivity contribution in [3.05, 3.63) is 35.9 Å². The second kappa shape index (κ2) is 6.08. The van der Waals surface area contributed by atoms with Crippen molar-refractivity contribution in [3.8, 4) is 0 Å². The van der Waals surface area contributed by atoms with Crippen LogP contribution in [-0.2, 0) is 19.7 Å². The number of hydrogen-bond donors (Lipinski definition) is 1. The molecule has 1 atom stereocenters. The van der Waals surface area contributed by atoms with Crippen LogP contribution in [0.25, 0.3) is 0 Å². The molecule has 2 aliphatic rings. The number of piperidine rings is 1. The number of likely N-dealkylation sites (tertiary alicyclic amines) is 1. The van der Waals surface area contributed by atoms with E-state index in [1.165, 1.54) is 0 Å². The maximum atomic E-state index is 12.4. The number of amides is 1. The first-order valence-corrected chi connectivity index (χ1v) is 7.79. The summed E-state index contributed by atoms with van der Waals surface area (Å²) in [5.41, 5.74) is -0.0386. The summed E-state index contributed by atoms with van der Waals surface area (Å²) in [6.45, 7) is 2.14. The second-order valence-electron chi connectivity index (χ2n) is 6.14. The standard InChI is InChI=1S/C17H21NO4/c19-15(13-6-11-22-12-13)18-9-7-17(8-10-18,16(20)21)14-4-2-1-3-5-14/h1-5,13H,6-12H2,(H,20,21). The zero-order valence-electron chi connectivity index (χ0n) is 12.5. The average molecular weight is 303 g/mol. The molecule has 0 spiro atoms. The van der Waals surface area contributed by atoms with Crippen LogP contribution >= 0.6 is 0 Å². The van der Waals surface area contributed by atoms with Crippen molar-refractivity contribution >= 4 is 11.9 Å². The molecule has 2 aliphatic heterocycles. The van der Waals surface area contributed by atoms with Crippen LogP contribution in [0.15, 0.2) is 30.3 Å². The quantitative estimate of drug-likeness (QED) is 0.922. The smallest absolute Gasteiger partial charge is 0.314 e. The first-order valence-electron chi connectivity index (χ1n) is 7.79. The van der Waals surface area contributed by atoms with Crippen molar-refractivity contribution in [3.63, 3.8) is 0 Å². The van der Waals surface area contributed by atoms with Gasteiger partial charge in [-0.3, -0.25) is 9.59 Å². The summed E-state index contributed by atoms with van der Waals surface area (Å²) >= 11 is 0. The summed E-state index contributed by atoms with van der Waals surface area (Å²) < 4.78 is 5.28. The first-order chi connectivity index (χ1) is 10.6. The molecule has 2 heterocycles. The van der Waals surface area contributed by atoms with Crippen LogP contribution in [0, 0.1) is 5.92 Å². The topological polar surface area (TPSA) is 66.8 Å². The number of rotatable bonds is 3. The third-order valence-corrected chi connectivity index (χ3v) is 4.94. The number of hydrogen-bond acceptors (Lipinski definition) is 3. The van der Waals surface area contributed by atoms with Gasteiger partial charge in [-0.1, -0.05) is 30.3 Å². The number of aliphatic carboxylic acids is 1. The van der Waals surface area contributed by atoms with Gasteiger partial charge >= 0.3 is 5.97 Å². The molecule has 0 bridgehead atoms. The minimum atomic E-state index is -0.871. The minimum Gasteiger partial charge on any atom is -0.481 e. The van der Waals surface area contributed by atoms with Gasteiger partial charge in [0.05, 0.1) is 17.9 Å². The number of carboxylic acids is 1. The molecule has 1 amide bonds. The Hall–Kier alpha value is -1.88. The summed E-state index contributed by atoms with van der Waals surface area (Å²) in [5.74, 6) is -0.728. The molecule has 5 nitrogen and oxygen atoms in total. The Morgan fingerprint density at radius 3 is 2.41 bits per heavy atom. The molecule has 2 fully saturated rings. The molecule has 3 rings (SSSR count). The molecule has 22 heavy (non-hydrogen) atoms. The average Bonchev–Trinajstić information content (AvgIpc) is 3.09. The van der Waals surface area contributed by atoms with E-state index in [4.69, 9.17) is 4.74 Å². The first kappa shape index (κ1) is 15.0. The van der Waals surface area contributed by atoms with Crippen molar-refractivity contribution < 1.29 is 19.4 Å². The van der Waals surface area contributed by atoms with E-state index in [-0.39, 0.29) is 11.8 Å². The Morgan fingerprint density at radius 2 is 1.86 bits per heavy atom. The number of carbonyl (C=O) groups is 2. The van der Waals surface area contributed by atoms with E-state index >= 15 is 0 Å². The van der Waals surface area contributed by atoms with Crippen molar-refractivity contribution in [2.24, 2.45) is 5.92 Å². The van der Waals surface area contributed by atoms with E-state index < -0.39 is 11.4 Å². The second-order valence-corrected chi connectivity index (χ2v) is 6.14. The van der Waals surface area contributed by atoms with Crippen LogP contribution in [0.1, 0.15) is 24.8 Å². The lowest BCUT2D eigenvalue weighted by atomic mass is 9.72. The number of carboxylic acid groups (broad SMARTS) is 1. The predicted molar refractivity (Wildman–Crippen MR) is 80.5 cm³/mol. The summed E-state index contributed by atoms with van der Waals surface area (Å²) in [4.78, 5) is 26.1. The molecule has 0 aliphatic carbocycles. The van der Waals surface area contributed by atoms with Gasteiger partial charge in [0.2, 0.25) is 5.91 Å². The predicted octanol–water partition coefficient (Wildman–Crippen LogP) is 1.67. The third-order valence-electron chi connectivity index (χ3n) is 4.94. The molecule has 1 unspecified atom stereocenters. The lowest BCUT2D eigenvalue weighted by Crippen LogP contribution is -2.50. The highest BCUT2D eigenvalue weighted by molar-refractivity contribution is 5.83. The fraction of sp³-hybridized carbons (Fsp3) is 0.529. The number of benzene rings is 1. The summed E-state index contributed by atoms with van der Waals surface area (Å²) in [6, 6.07) is 9.37. The van der Waals surface area contributed by atoms with E-state index in [0.717, 1.165) is 12.0 Å². The van der Waals surface area contributed by atoms with Gasteiger partial charge in [0.15, 0.2) is 0 Å². The van der Waals surface area contributed by atoms with Gasteiger partial charge in [-0.2, -0.15) is 0 Å². The lowest BCUT2D eigenvalue weighted by Gasteiger charge is -2.40. The van der Waals surface area contributed by atoms with Crippen LogP contribution in [0.4, 0.5) is 0 Å². The molecule has 0 saturated carbocycles. The molecule has 1 aromatic carbocycles. The van der Waals surface area contributed by atoms with Gasteiger partial charge in [0, 0.05) is 19.7 Å². The van der Waals surface area contributed by atoms with Crippen molar-refractivity contribution in [1.29, 1.82) is 0 Å². The van der Waals surface area contributed by atoms with Crippen molar-refractivity contribution in [2.75, 3.05) is 26.3 Å². The van der Waals surface area contributed by atoms with E-state index in [1.807, 2.05) is 35.2 Å². The van der Waals surface area contributed by atoms with Crippen LogP contribution in [0.3, 0.4) is 0 Å². The Labute approximate surface area is 129 Å². The molecular formula is C17H21NO4. The highest BCUT2D eigenvalue weighted by Crippen LogP contribution is 2.36. The van der Waals surface area contributed by atoms with Gasteiger partial charge in [0.1, 0.15) is 0 Å². The van der Waals surface area contributed by atoms with E-state index in [0.29, 0.717) is 39.1 Å². The highest BCUT2D eigenvalue weighted by Gasteiger charge is 2.44. The maximum Gasteiger partial charge on any atom is 0.314 e. The number of nitrogens with zero attached hydrogens (tertiary/aromatic N) is 1. The van der Waals surface area contributed by atoms with Crippen LogP contribution in [0.2, 0.25) is 0 Å². The fourth-order valence-corrected chi connectivity index (χ4v) is 3.48. The van der Waals surface area contributed by atoms with Crippen LogP contribution < -0.4 is 0 Å². The Kier molecular flexibility index (Phi) is 4.16. The molecule has 1 aromatic rings. The van der Waals surface area contributed by atoms with Gasteiger partial charge in [-0.25, -0.2) is 0 Å². The highest BCUT2D eigenvalue weighted by atomic mass is 16.5. The van der Waals surface area contributed by atoms with Gasteiger partial charge in [-0.05, 0) is 24.8 Å². The summed E-state index contributed by atoms with van der Waals surface area (Å²) in [5, 5.41) is 9.76. The van der Waals surface area contributed by atoms with Gasteiger partial charge in [-0.15, -0.1) is 0 Å². The third kappa shape index (κ3) is 2.61. The molecule has 5 heteroatoms. The van der Waals surface area contributed by atoms with Crippen LogP contribution in [-0.4, -0.2) is 48.2 Å². The van der Waals surface area contributed by atoms with E-state index in [9.17, 15) is 14.7 Å². The fourth-order valence-electron chi connectivity index (χ4n) is 3.48. The van der Waals surface area contributed by atoms with Gasteiger partial charge in [0.25, 0.3) is 0 Å².